The molecule has 6 nitrogen and oxygen atoms in total. The number of anilines is 1. The van der Waals surface area contributed by atoms with Crippen LogP contribution in [0.15, 0.2) is 11.4 Å². The molecule has 0 spiro atoms. The average molecular weight is 277 g/mol. The number of amides is 1. The minimum Gasteiger partial charge on any atom is -0.465 e. The molecule has 0 bridgehead atoms. The summed E-state index contributed by atoms with van der Waals surface area (Å²) in [6.07, 6.45) is 0.960. The van der Waals surface area contributed by atoms with Crippen molar-refractivity contribution >= 4 is 38.7 Å². The second-order valence-corrected chi connectivity index (χ2v) is 6.33. The molecule has 1 aromatic rings. The quantitative estimate of drug-likeness (QED) is 0.810. The normalized spacial score (nSPS) is 10.9. The molecule has 1 amide bonds. The summed E-state index contributed by atoms with van der Waals surface area (Å²) >= 11 is 1.10. The van der Waals surface area contributed by atoms with Crippen molar-refractivity contribution in [1.29, 1.82) is 0 Å². The Labute approximate surface area is 103 Å². The van der Waals surface area contributed by atoms with Crippen molar-refractivity contribution in [2.24, 2.45) is 0 Å². The third-order valence-electron chi connectivity index (χ3n) is 1.70. The van der Waals surface area contributed by atoms with E-state index in [4.69, 9.17) is 0 Å². The van der Waals surface area contributed by atoms with Crippen LogP contribution in [0.25, 0.3) is 0 Å². The van der Waals surface area contributed by atoms with Gasteiger partial charge in [0.2, 0.25) is 5.91 Å². The fraction of sp³-hybridized carbons (Fsp3) is 0.333. The predicted octanol–water partition coefficient (Wildman–Crippen LogP) is 0.518. The number of esters is 1. The summed E-state index contributed by atoms with van der Waals surface area (Å²) in [5.41, 5.74) is 0.260. The molecule has 0 fully saturated rings. The third kappa shape index (κ3) is 4.16. The van der Waals surface area contributed by atoms with Crippen LogP contribution in [0, 0.1) is 0 Å². The predicted molar refractivity (Wildman–Crippen MR) is 64.0 cm³/mol. The van der Waals surface area contributed by atoms with Gasteiger partial charge >= 0.3 is 5.97 Å². The van der Waals surface area contributed by atoms with Gasteiger partial charge < -0.3 is 10.1 Å². The molecule has 1 heterocycles. The number of thiophene rings is 1. The first-order chi connectivity index (χ1) is 7.83. The van der Waals surface area contributed by atoms with E-state index >= 15 is 0 Å². The van der Waals surface area contributed by atoms with Gasteiger partial charge in [-0.3, -0.25) is 4.79 Å². The summed E-state index contributed by atoms with van der Waals surface area (Å²) in [7, 11) is -2.16. The van der Waals surface area contributed by atoms with Gasteiger partial charge in [-0.2, -0.15) is 0 Å². The molecule has 0 aromatic carbocycles. The molecule has 0 aliphatic heterocycles. The topological polar surface area (TPSA) is 89.5 Å². The van der Waals surface area contributed by atoms with Crippen LogP contribution in [-0.4, -0.2) is 39.4 Å². The van der Waals surface area contributed by atoms with Crippen molar-refractivity contribution in [3.8, 4) is 0 Å². The first kappa shape index (κ1) is 13.7. The first-order valence-corrected chi connectivity index (χ1v) is 7.41. The minimum atomic E-state index is -3.39. The Hall–Kier alpha value is -1.41. The van der Waals surface area contributed by atoms with Crippen LogP contribution in [0.4, 0.5) is 5.69 Å². The van der Waals surface area contributed by atoms with Crippen LogP contribution in [0.3, 0.4) is 0 Å². The van der Waals surface area contributed by atoms with Crippen molar-refractivity contribution in [3.05, 3.63) is 16.3 Å². The van der Waals surface area contributed by atoms with Crippen LogP contribution in [-0.2, 0) is 19.4 Å². The van der Waals surface area contributed by atoms with Gasteiger partial charge in [0.05, 0.1) is 12.8 Å². The molecule has 1 N–H and O–H groups in total. The van der Waals surface area contributed by atoms with E-state index < -0.39 is 27.5 Å². The minimum absolute atomic E-state index is 0.231. The van der Waals surface area contributed by atoms with Crippen LogP contribution in [0.1, 0.15) is 9.67 Å². The van der Waals surface area contributed by atoms with E-state index in [0.29, 0.717) is 0 Å². The summed E-state index contributed by atoms with van der Waals surface area (Å²) in [4.78, 5) is 22.9. The van der Waals surface area contributed by atoms with Gasteiger partial charge in [0, 0.05) is 6.26 Å². The number of methoxy groups -OCH3 is 1. The Balaban J connectivity index is 2.79. The molecule has 8 heteroatoms. The second kappa shape index (κ2) is 5.28. The van der Waals surface area contributed by atoms with Gasteiger partial charge in [-0.25, -0.2) is 13.2 Å². The highest BCUT2D eigenvalue weighted by atomic mass is 32.2. The monoisotopic (exact) mass is 277 g/mol. The smallest absolute Gasteiger partial charge is 0.350 e. The van der Waals surface area contributed by atoms with E-state index in [1.165, 1.54) is 13.2 Å². The number of ether oxygens (including phenoxy) is 1. The SMILES string of the molecule is COC(=O)c1sccc1NC(=O)CS(C)(=O)=O. The summed E-state index contributed by atoms with van der Waals surface area (Å²) in [6.45, 7) is 0. The molecular weight excluding hydrogens is 266 g/mol. The lowest BCUT2D eigenvalue weighted by Crippen LogP contribution is -2.22. The maximum Gasteiger partial charge on any atom is 0.350 e. The van der Waals surface area contributed by atoms with Crippen molar-refractivity contribution in [2.75, 3.05) is 24.4 Å². The Morgan fingerprint density at radius 1 is 1.47 bits per heavy atom. The maximum atomic E-state index is 11.4. The van der Waals surface area contributed by atoms with Crippen molar-refractivity contribution in [3.63, 3.8) is 0 Å². The number of hydrogen-bond donors (Lipinski definition) is 1. The van der Waals surface area contributed by atoms with Gasteiger partial charge in [0.15, 0.2) is 9.84 Å². The molecule has 0 aliphatic rings. The lowest BCUT2D eigenvalue weighted by molar-refractivity contribution is -0.113. The molecule has 0 atom stereocenters. The lowest BCUT2D eigenvalue weighted by atomic mass is 10.4. The number of hydrogen-bond acceptors (Lipinski definition) is 6. The van der Waals surface area contributed by atoms with Gasteiger partial charge in [-0.05, 0) is 11.4 Å². The van der Waals surface area contributed by atoms with E-state index in [0.717, 1.165) is 17.6 Å². The Kier molecular flexibility index (Phi) is 4.24. The standard InChI is InChI=1S/C9H11NO5S2/c1-15-9(12)8-6(3-4-16-8)10-7(11)5-17(2,13)14/h3-4H,5H2,1-2H3,(H,10,11). The molecule has 94 valence electrons. The number of rotatable bonds is 4. The summed E-state index contributed by atoms with van der Waals surface area (Å²) in [5.74, 6) is -1.88. The number of sulfone groups is 1. The van der Waals surface area contributed by atoms with Gasteiger partial charge in [-0.15, -0.1) is 11.3 Å². The molecule has 0 saturated heterocycles. The third-order valence-corrected chi connectivity index (χ3v) is 3.38. The van der Waals surface area contributed by atoms with Crippen molar-refractivity contribution in [1.82, 2.24) is 0 Å². The first-order valence-electron chi connectivity index (χ1n) is 4.47. The summed E-state index contributed by atoms with van der Waals surface area (Å²) < 4.78 is 26.3. The van der Waals surface area contributed by atoms with Crippen molar-refractivity contribution in [2.45, 2.75) is 0 Å². The van der Waals surface area contributed by atoms with Crippen LogP contribution in [0.2, 0.25) is 0 Å². The molecule has 1 aromatic heterocycles. The molecule has 0 saturated carbocycles. The second-order valence-electron chi connectivity index (χ2n) is 3.27. The van der Waals surface area contributed by atoms with E-state index in [-0.39, 0.29) is 10.6 Å². The number of carbonyl (C=O) groups excluding carboxylic acids is 2. The van der Waals surface area contributed by atoms with Crippen molar-refractivity contribution < 1.29 is 22.7 Å². The van der Waals surface area contributed by atoms with Gasteiger partial charge in [0.1, 0.15) is 10.6 Å². The number of nitrogens with one attached hydrogen (secondary N) is 1. The Bertz CT molecular complexity index is 531. The largest absolute Gasteiger partial charge is 0.465 e. The van der Waals surface area contributed by atoms with E-state index in [2.05, 4.69) is 10.1 Å². The number of carbonyl (C=O) groups is 2. The zero-order valence-corrected chi connectivity index (χ0v) is 10.9. The van der Waals surface area contributed by atoms with Crippen LogP contribution in [0.5, 0.6) is 0 Å². The molecular formula is C9H11NO5S2. The molecule has 1 rings (SSSR count). The molecule has 0 unspecified atom stereocenters. The lowest BCUT2D eigenvalue weighted by Gasteiger charge is -2.04. The highest BCUT2D eigenvalue weighted by Crippen LogP contribution is 2.22. The fourth-order valence-electron chi connectivity index (χ4n) is 1.08. The maximum absolute atomic E-state index is 11.4. The van der Waals surface area contributed by atoms with E-state index in [1.807, 2.05) is 0 Å². The summed E-state index contributed by atoms with van der Waals surface area (Å²) in [5, 5.41) is 3.95. The summed E-state index contributed by atoms with van der Waals surface area (Å²) in [6, 6.07) is 1.51. The van der Waals surface area contributed by atoms with Gasteiger partial charge in [-0.1, -0.05) is 0 Å². The molecule has 0 aliphatic carbocycles. The zero-order chi connectivity index (χ0) is 13.1. The van der Waals surface area contributed by atoms with Gasteiger partial charge in [0.25, 0.3) is 0 Å². The average Bonchev–Trinajstić information content (AvgIpc) is 2.61. The van der Waals surface area contributed by atoms with Crippen LogP contribution >= 0.6 is 11.3 Å². The Morgan fingerprint density at radius 3 is 2.65 bits per heavy atom. The van der Waals surface area contributed by atoms with Crippen LogP contribution < -0.4 is 5.32 Å². The Morgan fingerprint density at radius 2 is 2.12 bits per heavy atom. The highest BCUT2D eigenvalue weighted by molar-refractivity contribution is 7.91. The highest BCUT2D eigenvalue weighted by Gasteiger charge is 2.17. The fourth-order valence-corrected chi connectivity index (χ4v) is 2.40. The van der Waals surface area contributed by atoms with E-state index in [1.54, 1.807) is 5.38 Å². The molecule has 17 heavy (non-hydrogen) atoms. The molecule has 0 radical (unpaired) electrons. The van der Waals surface area contributed by atoms with E-state index in [9.17, 15) is 18.0 Å². The zero-order valence-electron chi connectivity index (χ0n) is 9.22.